The minimum Gasteiger partial charge on any atom is -0.743 e. The van der Waals surface area contributed by atoms with Crippen molar-refractivity contribution in [2.24, 2.45) is 0 Å². The number of benzene rings is 3. The number of alkyl halides is 2. The smallest absolute Gasteiger partial charge is 0.367 e. The standard InChI is InChI=1S/C18H14OS.C9H16F2O5S/c19-15-11-13-18(14-12-15)20(16-7-3-1-4-8-16)17-9-5-2-6-10-17;1-2-3-4-5-6-8(12)16-7-9(10,11)17(13,14)15/h1-14H;2-7H2,1H3,(H,13,14,15). The first-order valence-electron chi connectivity index (χ1n) is 11.7. The second-order valence-electron chi connectivity index (χ2n) is 7.99. The van der Waals surface area contributed by atoms with Gasteiger partial charge >= 0.3 is 11.2 Å². The molecule has 0 aliphatic heterocycles. The average molecular weight is 553 g/mol. The van der Waals surface area contributed by atoms with Gasteiger partial charge in [0, 0.05) is 6.42 Å². The van der Waals surface area contributed by atoms with Crippen molar-refractivity contribution in [3.8, 4) is 5.75 Å². The number of hydrogen-bond acceptors (Lipinski definition) is 6. The minimum absolute atomic E-state index is 0.0605. The second kappa shape index (κ2) is 14.7. The Kier molecular flexibility index (Phi) is 12.0. The van der Waals surface area contributed by atoms with Gasteiger partial charge < -0.3 is 14.4 Å². The van der Waals surface area contributed by atoms with Crippen LogP contribution >= 0.6 is 0 Å². The molecule has 3 aromatic rings. The van der Waals surface area contributed by atoms with Crippen molar-refractivity contribution in [2.75, 3.05) is 6.61 Å². The number of hydrogen-bond donors (Lipinski definition) is 1. The van der Waals surface area contributed by atoms with E-state index in [1.165, 1.54) is 14.7 Å². The molecule has 0 unspecified atom stereocenters. The van der Waals surface area contributed by atoms with Crippen LogP contribution < -0.4 is 0 Å². The monoisotopic (exact) mass is 552 g/mol. The summed E-state index contributed by atoms with van der Waals surface area (Å²) in [5, 5.41) is 4.92. The third-order valence-electron chi connectivity index (χ3n) is 5.03. The highest BCUT2D eigenvalue weighted by Crippen LogP contribution is 2.31. The third kappa shape index (κ3) is 10.1. The molecule has 0 heterocycles. The van der Waals surface area contributed by atoms with Crippen LogP contribution in [0.25, 0.3) is 0 Å². The Labute approximate surface area is 219 Å². The van der Waals surface area contributed by atoms with Crippen LogP contribution in [-0.2, 0) is 30.5 Å². The summed E-state index contributed by atoms with van der Waals surface area (Å²) in [5.41, 5.74) is 0. The number of unbranched alkanes of at least 4 members (excludes halogenated alkanes) is 3. The molecule has 0 atom stereocenters. The van der Waals surface area contributed by atoms with Crippen LogP contribution in [0.4, 0.5) is 8.78 Å². The van der Waals surface area contributed by atoms with E-state index in [2.05, 4.69) is 53.3 Å². The number of phenols is 1. The maximum Gasteiger partial charge on any atom is 0.367 e. The van der Waals surface area contributed by atoms with Gasteiger partial charge in [-0.15, -0.1) is 0 Å². The van der Waals surface area contributed by atoms with Gasteiger partial charge in [0.25, 0.3) is 0 Å². The third-order valence-corrected chi connectivity index (χ3v) is 8.11. The summed E-state index contributed by atoms with van der Waals surface area (Å²) in [5.74, 6) is -0.622. The fourth-order valence-corrected chi connectivity index (χ4v) is 5.40. The number of halogens is 2. The lowest BCUT2D eigenvalue weighted by atomic mass is 10.2. The SMILES string of the molecule is CCCCCCC(=O)OCC(F)(F)S(=O)(=O)[O-].Oc1ccc([S+](c2ccccc2)c2ccccc2)cc1. The van der Waals surface area contributed by atoms with Gasteiger partial charge in [0.05, 0.1) is 10.9 Å². The van der Waals surface area contributed by atoms with Gasteiger partial charge in [-0.3, -0.25) is 4.79 Å². The fraction of sp³-hybridized carbons (Fsp3) is 0.296. The summed E-state index contributed by atoms with van der Waals surface area (Å²) >= 11 is 0. The van der Waals surface area contributed by atoms with E-state index >= 15 is 0 Å². The molecule has 0 fully saturated rings. The van der Waals surface area contributed by atoms with Crippen LogP contribution in [-0.4, -0.2) is 35.9 Å². The van der Waals surface area contributed by atoms with Crippen molar-refractivity contribution in [3.05, 3.63) is 84.9 Å². The van der Waals surface area contributed by atoms with E-state index in [9.17, 15) is 31.7 Å². The average Bonchev–Trinajstić information content (AvgIpc) is 2.88. The van der Waals surface area contributed by atoms with Gasteiger partial charge in [0.2, 0.25) is 0 Å². The Morgan fingerprint density at radius 1 is 0.865 bits per heavy atom. The molecule has 0 aliphatic carbocycles. The maximum atomic E-state index is 12.6. The van der Waals surface area contributed by atoms with Crippen molar-refractivity contribution in [3.63, 3.8) is 0 Å². The molecule has 0 spiro atoms. The molecule has 6 nitrogen and oxygen atoms in total. The van der Waals surface area contributed by atoms with Crippen molar-refractivity contribution in [1.29, 1.82) is 0 Å². The van der Waals surface area contributed by atoms with E-state index in [1.807, 2.05) is 31.2 Å². The first-order valence-corrected chi connectivity index (χ1v) is 14.3. The topological polar surface area (TPSA) is 104 Å². The first kappa shape index (κ1) is 30.3. The number of rotatable bonds is 11. The van der Waals surface area contributed by atoms with Crippen LogP contribution in [0.1, 0.15) is 39.0 Å². The number of ether oxygens (including phenoxy) is 1. The van der Waals surface area contributed by atoms with Crippen LogP contribution in [0.5, 0.6) is 5.75 Å². The maximum absolute atomic E-state index is 12.6. The van der Waals surface area contributed by atoms with Crippen LogP contribution in [0, 0.1) is 0 Å². The molecule has 10 heteroatoms. The molecule has 1 N–H and O–H groups in total. The molecule has 0 aliphatic rings. The summed E-state index contributed by atoms with van der Waals surface area (Å²) in [6, 6.07) is 28.5. The Balaban J connectivity index is 0.000000265. The molecule has 3 rings (SSSR count). The Hall–Kier alpha value is -2.95. The Morgan fingerprint density at radius 3 is 1.81 bits per heavy atom. The highest BCUT2D eigenvalue weighted by Gasteiger charge is 2.39. The number of phenolic OH excluding ortho intramolecular Hbond substituents is 1. The van der Waals surface area contributed by atoms with Crippen molar-refractivity contribution < 1.29 is 36.4 Å². The molecule has 0 saturated carbocycles. The molecule has 37 heavy (non-hydrogen) atoms. The largest absolute Gasteiger partial charge is 0.743 e. The highest BCUT2D eigenvalue weighted by molar-refractivity contribution is 7.97. The fourth-order valence-electron chi connectivity index (χ4n) is 3.11. The zero-order chi connectivity index (χ0) is 27.3. The lowest BCUT2D eigenvalue weighted by Crippen LogP contribution is -2.34. The summed E-state index contributed by atoms with van der Waals surface area (Å²) in [7, 11) is -5.92. The van der Waals surface area contributed by atoms with E-state index in [0.29, 0.717) is 12.2 Å². The number of carbonyl (C=O) groups excluding carboxylic acids is 1. The van der Waals surface area contributed by atoms with Gasteiger partial charge in [0.1, 0.15) is 5.75 Å². The highest BCUT2D eigenvalue weighted by atomic mass is 32.2. The molecular weight excluding hydrogens is 522 g/mol. The first-order chi connectivity index (χ1) is 17.5. The summed E-state index contributed by atoms with van der Waals surface area (Å²) in [6.07, 6.45) is 3.07. The molecule has 0 bridgehead atoms. The number of esters is 1. The van der Waals surface area contributed by atoms with E-state index in [4.69, 9.17) is 0 Å². The second-order valence-corrected chi connectivity index (χ2v) is 11.5. The van der Waals surface area contributed by atoms with Gasteiger partial charge in [-0.2, -0.15) is 8.78 Å². The Bertz CT molecular complexity index is 1150. The summed E-state index contributed by atoms with van der Waals surface area (Å²) in [4.78, 5) is 14.7. The van der Waals surface area contributed by atoms with Gasteiger partial charge in [0.15, 0.2) is 31.4 Å². The molecule has 0 saturated heterocycles. The van der Waals surface area contributed by atoms with E-state index < -0.39 is 27.9 Å². The number of carbonyl (C=O) groups is 1. The predicted molar refractivity (Wildman–Crippen MR) is 138 cm³/mol. The van der Waals surface area contributed by atoms with E-state index in [0.717, 1.165) is 19.3 Å². The normalized spacial score (nSPS) is 11.5. The zero-order valence-corrected chi connectivity index (χ0v) is 22.0. The molecule has 3 aromatic carbocycles. The van der Waals surface area contributed by atoms with Gasteiger partial charge in [-0.05, 0) is 55.0 Å². The predicted octanol–water partition coefficient (Wildman–Crippen LogP) is 6.13. The molecule has 0 aromatic heterocycles. The molecule has 200 valence electrons. The van der Waals surface area contributed by atoms with E-state index in [-0.39, 0.29) is 17.3 Å². The Morgan fingerprint density at radius 2 is 1.35 bits per heavy atom. The molecule has 0 amide bonds. The summed E-state index contributed by atoms with van der Waals surface area (Å²) in [6.45, 7) is 0.253. The molecular formula is C27H30F2O6S2. The molecule has 0 radical (unpaired) electrons. The van der Waals surface area contributed by atoms with Crippen molar-refractivity contribution in [2.45, 2.75) is 59.0 Å². The van der Waals surface area contributed by atoms with Crippen LogP contribution in [0.3, 0.4) is 0 Å². The van der Waals surface area contributed by atoms with Crippen molar-refractivity contribution >= 4 is 27.0 Å². The van der Waals surface area contributed by atoms with Crippen LogP contribution in [0.2, 0.25) is 0 Å². The lowest BCUT2D eigenvalue weighted by Gasteiger charge is -2.19. The van der Waals surface area contributed by atoms with Gasteiger partial charge in [-0.25, -0.2) is 8.42 Å². The zero-order valence-electron chi connectivity index (χ0n) is 20.4. The quantitative estimate of drug-likeness (QED) is 0.133. The van der Waals surface area contributed by atoms with Gasteiger partial charge in [-0.1, -0.05) is 62.6 Å². The minimum atomic E-state index is -5.79. The number of aromatic hydroxyl groups is 1. The van der Waals surface area contributed by atoms with E-state index in [1.54, 1.807) is 12.1 Å². The van der Waals surface area contributed by atoms with Crippen molar-refractivity contribution in [1.82, 2.24) is 0 Å². The lowest BCUT2D eigenvalue weighted by molar-refractivity contribution is -0.149. The summed E-state index contributed by atoms with van der Waals surface area (Å²) < 4.78 is 59.4. The van der Waals surface area contributed by atoms with Crippen LogP contribution in [0.15, 0.2) is 99.6 Å².